The van der Waals surface area contributed by atoms with E-state index in [1.165, 1.54) is 19.3 Å². The number of carbonyl (C=O) groups is 1. The molecule has 1 nitrogen and oxygen atoms in total. The van der Waals surface area contributed by atoms with Crippen molar-refractivity contribution in [3.05, 3.63) is 12.2 Å². The third kappa shape index (κ3) is 1.26. The van der Waals surface area contributed by atoms with Gasteiger partial charge in [-0.1, -0.05) is 25.5 Å². The van der Waals surface area contributed by atoms with Crippen LogP contribution in [0, 0.1) is 47.3 Å². The average Bonchev–Trinajstić information content (AvgIpc) is 3.05. The first-order valence-electron chi connectivity index (χ1n) is 7.88. The van der Waals surface area contributed by atoms with Crippen molar-refractivity contribution in [2.45, 2.75) is 39.5 Å². The Hall–Kier alpha value is -0.590. The minimum absolute atomic E-state index is 0.418. The topological polar surface area (TPSA) is 17.1 Å². The minimum atomic E-state index is 0.418. The lowest BCUT2D eigenvalue weighted by molar-refractivity contribution is -0.119. The van der Waals surface area contributed by atoms with Crippen LogP contribution in [-0.2, 0) is 4.79 Å². The summed E-state index contributed by atoms with van der Waals surface area (Å²) in [6.07, 6.45) is 10.1. The molecule has 3 fully saturated rings. The van der Waals surface area contributed by atoms with Crippen molar-refractivity contribution >= 4 is 5.78 Å². The van der Waals surface area contributed by atoms with Gasteiger partial charge in [0.15, 0.2) is 0 Å². The van der Waals surface area contributed by atoms with Crippen LogP contribution in [0.4, 0.5) is 0 Å². The van der Waals surface area contributed by atoms with Crippen LogP contribution in [0.3, 0.4) is 0 Å². The Bertz CT molecular complexity index is 410. The molecule has 8 unspecified atom stereocenters. The third-order valence-corrected chi connectivity index (χ3v) is 6.76. The van der Waals surface area contributed by atoms with Crippen molar-refractivity contribution in [3.8, 4) is 0 Å². The number of fused-ring (bicyclic) bond motifs is 9. The fourth-order valence-corrected chi connectivity index (χ4v) is 6.53. The smallest absolute Gasteiger partial charge is 0.130 e. The lowest BCUT2D eigenvalue weighted by Gasteiger charge is -2.41. The molecule has 0 amide bonds. The molecule has 0 aromatic heterocycles. The van der Waals surface area contributed by atoms with Crippen LogP contribution < -0.4 is 0 Å². The molecule has 0 N–H and O–H groups in total. The first-order chi connectivity index (χ1) is 8.70. The summed E-state index contributed by atoms with van der Waals surface area (Å²) in [5, 5.41) is 0. The van der Waals surface area contributed by atoms with Gasteiger partial charge in [-0.25, -0.2) is 0 Å². The fraction of sp³-hybridized carbons (Fsp3) is 0.824. The van der Waals surface area contributed by atoms with E-state index in [0.29, 0.717) is 5.78 Å². The van der Waals surface area contributed by atoms with Gasteiger partial charge in [0.05, 0.1) is 0 Å². The van der Waals surface area contributed by atoms with Gasteiger partial charge in [-0.2, -0.15) is 0 Å². The molecule has 0 radical (unpaired) electrons. The molecule has 4 bridgehead atoms. The quantitative estimate of drug-likeness (QED) is 0.546. The summed E-state index contributed by atoms with van der Waals surface area (Å²) in [4.78, 5) is 11.6. The van der Waals surface area contributed by atoms with E-state index in [0.717, 1.165) is 53.8 Å². The summed E-state index contributed by atoms with van der Waals surface area (Å²) in [6, 6.07) is 0. The molecule has 0 aliphatic heterocycles. The van der Waals surface area contributed by atoms with E-state index in [1.54, 1.807) is 6.92 Å². The van der Waals surface area contributed by atoms with Gasteiger partial charge in [-0.05, 0) is 67.1 Å². The van der Waals surface area contributed by atoms with Gasteiger partial charge < -0.3 is 4.79 Å². The van der Waals surface area contributed by atoms with Gasteiger partial charge in [0.2, 0.25) is 0 Å². The van der Waals surface area contributed by atoms with Crippen LogP contribution in [-0.4, -0.2) is 5.78 Å². The van der Waals surface area contributed by atoms with Gasteiger partial charge in [-0.15, -0.1) is 0 Å². The highest BCUT2D eigenvalue weighted by Crippen LogP contribution is 2.69. The number of Topliss-reactive ketones (excluding diaryl/α,β-unsaturated/α-hetero) is 1. The normalized spacial score (nSPS) is 55.2. The Balaban J connectivity index is 1.66. The van der Waals surface area contributed by atoms with Crippen molar-refractivity contribution in [1.82, 2.24) is 0 Å². The summed E-state index contributed by atoms with van der Waals surface area (Å²) in [5.41, 5.74) is 0. The number of allylic oxidation sites excluding steroid dienone is 2. The molecule has 0 aromatic carbocycles. The molecule has 8 atom stereocenters. The second-order valence-corrected chi connectivity index (χ2v) is 7.31. The zero-order valence-electron chi connectivity index (χ0n) is 11.5. The zero-order chi connectivity index (χ0) is 12.4. The maximum Gasteiger partial charge on any atom is 0.130 e. The molecular formula is C17H24O. The van der Waals surface area contributed by atoms with E-state index < -0.39 is 0 Å². The Labute approximate surface area is 110 Å². The summed E-state index contributed by atoms with van der Waals surface area (Å²) < 4.78 is 0. The molecule has 1 heteroatoms. The van der Waals surface area contributed by atoms with Gasteiger partial charge in [-0.3, -0.25) is 0 Å². The number of ketones is 1. The lowest BCUT2D eigenvalue weighted by atomic mass is 9.63. The Morgan fingerprint density at radius 3 is 2.22 bits per heavy atom. The molecule has 3 saturated carbocycles. The highest BCUT2D eigenvalue weighted by atomic mass is 16.1. The van der Waals surface area contributed by atoms with E-state index in [1.807, 2.05) is 0 Å². The van der Waals surface area contributed by atoms with E-state index in [4.69, 9.17) is 0 Å². The number of hydrogen-bond donors (Lipinski definition) is 0. The number of hydrogen-bond acceptors (Lipinski definition) is 1. The molecule has 0 aromatic rings. The predicted octanol–water partition coefficient (Wildman–Crippen LogP) is 3.70. The minimum Gasteiger partial charge on any atom is -0.300 e. The van der Waals surface area contributed by atoms with Crippen molar-refractivity contribution in [3.63, 3.8) is 0 Å². The van der Waals surface area contributed by atoms with Gasteiger partial charge in [0.1, 0.15) is 5.78 Å². The SMILES string of the molecule is CCC1C(CC(C)=O)C2CC1C1C3C=CC(C3)C21. The van der Waals surface area contributed by atoms with Crippen molar-refractivity contribution in [2.75, 3.05) is 0 Å². The Morgan fingerprint density at radius 1 is 1.06 bits per heavy atom. The second-order valence-electron chi connectivity index (χ2n) is 7.31. The predicted molar refractivity (Wildman–Crippen MR) is 71.9 cm³/mol. The maximum absolute atomic E-state index is 11.6. The molecule has 98 valence electrons. The van der Waals surface area contributed by atoms with Crippen LogP contribution in [0.25, 0.3) is 0 Å². The standard InChI is InChI=1S/C17H24O/c1-3-12-13(6-9(2)18)15-8-14(12)16-10-4-5-11(7-10)17(15)16/h4-5,10-17H,3,6-8H2,1-2H3. The average molecular weight is 244 g/mol. The van der Waals surface area contributed by atoms with E-state index in [-0.39, 0.29) is 0 Å². The monoisotopic (exact) mass is 244 g/mol. The molecule has 0 spiro atoms. The molecule has 4 aliphatic rings. The molecule has 4 aliphatic carbocycles. The Kier molecular flexibility index (Phi) is 2.32. The molecule has 18 heavy (non-hydrogen) atoms. The fourth-order valence-electron chi connectivity index (χ4n) is 6.53. The third-order valence-electron chi connectivity index (χ3n) is 6.76. The van der Waals surface area contributed by atoms with E-state index >= 15 is 0 Å². The van der Waals surface area contributed by atoms with Gasteiger partial charge >= 0.3 is 0 Å². The van der Waals surface area contributed by atoms with Crippen LogP contribution >= 0.6 is 0 Å². The highest BCUT2D eigenvalue weighted by molar-refractivity contribution is 5.75. The first-order valence-corrected chi connectivity index (χ1v) is 7.88. The van der Waals surface area contributed by atoms with Crippen LogP contribution in [0.1, 0.15) is 39.5 Å². The van der Waals surface area contributed by atoms with Crippen molar-refractivity contribution < 1.29 is 4.79 Å². The van der Waals surface area contributed by atoms with E-state index in [9.17, 15) is 4.79 Å². The number of rotatable bonds is 3. The largest absolute Gasteiger partial charge is 0.300 e. The second kappa shape index (κ2) is 3.71. The molecule has 0 saturated heterocycles. The lowest BCUT2D eigenvalue weighted by Crippen LogP contribution is -2.37. The van der Waals surface area contributed by atoms with Gasteiger partial charge in [0, 0.05) is 6.42 Å². The van der Waals surface area contributed by atoms with E-state index in [2.05, 4.69) is 19.1 Å². The molecule has 0 heterocycles. The first kappa shape index (κ1) is 11.3. The molecule has 4 rings (SSSR count). The number of carbonyl (C=O) groups excluding carboxylic acids is 1. The summed E-state index contributed by atoms with van der Waals surface area (Å²) in [7, 11) is 0. The zero-order valence-corrected chi connectivity index (χ0v) is 11.5. The Morgan fingerprint density at radius 2 is 1.67 bits per heavy atom. The summed E-state index contributed by atoms with van der Waals surface area (Å²) in [5.74, 6) is 7.57. The summed E-state index contributed by atoms with van der Waals surface area (Å²) in [6.45, 7) is 4.13. The molecular weight excluding hydrogens is 220 g/mol. The van der Waals surface area contributed by atoms with Crippen LogP contribution in [0.5, 0.6) is 0 Å². The van der Waals surface area contributed by atoms with Crippen LogP contribution in [0.15, 0.2) is 12.2 Å². The maximum atomic E-state index is 11.6. The van der Waals surface area contributed by atoms with Crippen molar-refractivity contribution in [1.29, 1.82) is 0 Å². The van der Waals surface area contributed by atoms with Crippen molar-refractivity contribution in [2.24, 2.45) is 47.3 Å². The van der Waals surface area contributed by atoms with Crippen LogP contribution in [0.2, 0.25) is 0 Å². The summed E-state index contributed by atoms with van der Waals surface area (Å²) >= 11 is 0. The highest BCUT2D eigenvalue weighted by Gasteiger charge is 2.63. The van der Waals surface area contributed by atoms with Gasteiger partial charge in [0.25, 0.3) is 0 Å².